The molecule has 0 aliphatic heterocycles. The molecule has 0 saturated carbocycles. The fourth-order valence-electron chi connectivity index (χ4n) is 1.40. The summed E-state index contributed by atoms with van der Waals surface area (Å²) in [6.07, 6.45) is 0.351. The van der Waals surface area contributed by atoms with Gasteiger partial charge in [0.15, 0.2) is 6.29 Å². The largest absolute Gasteiger partial charge is 0.356 e. The molecule has 8 heteroatoms. The minimum absolute atomic E-state index is 0.0155. The van der Waals surface area contributed by atoms with E-state index in [-0.39, 0.29) is 24.3 Å². The van der Waals surface area contributed by atoms with Gasteiger partial charge >= 0.3 is 0 Å². The van der Waals surface area contributed by atoms with Crippen molar-refractivity contribution in [2.75, 3.05) is 27.0 Å². The van der Waals surface area contributed by atoms with Crippen molar-refractivity contribution in [2.45, 2.75) is 31.7 Å². The van der Waals surface area contributed by atoms with E-state index in [0.717, 1.165) is 5.75 Å². The SMILES string of the molecule is CN[C@@H](CSPP)C(=O)N[C@H](C)CC(OC)OC. The van der Waals surface area contributed by atoms with E-state index < -0.39 is 0 Å². The minimum Gasteiger partial charge on any atom is -0.356 e. The van der Waals surface area contributed by atoms with Crippen molar-refractivity contribution in [1.29, 1.82) is 0 Å². The molecule has 0 rings (SSSR count). The van der Waals surface area contributed by atoms with Gasteiger partial charge in [-0.2, -0.15) is 0 Å². The van der Waals surface area contributed by atoms with Gasteiger partial charge in [0.25, 0.3) is 0 Å². The second kappa shape index (κ2) is 11.4. The highest BCUT2D eigenvalue weighted by molar-refractivity contribution is 8.64. The zero-order chi connectivity index (χ0) is 14.0. The summed E-state index contributed by atoms with van der Waals surface area (Å²) < 4.78 is 10.2. The third-order valence-electron chi connectivity index (χ3n) is 2.46. The van der Waals surface area contributed by atoms with E-state index in [2.05, 4.69) is 19.6 Å². The van der Waals surface area contributed by atoms with Crippen molar-refractivity contribution < 1.29 is 14.3 Å². The molecule has 0 radical (unpaired) electrons. The van der Waals surface area contributed by atoms with Gasteiger partial charge in [-0.1, -0.05) is 0 Å². The number of methoxy groups -OCH3 is 2. The van der Waals surface area contributed by atoms with E-state index >= 15 is 0 Å². The van der Waals surface area contributed by atoms with Crippen molar-refractivity contribution in [2.24, 2.45) is 0 Å². The van der Waals surface area contributed by atoms with Crippen LogP contribution in [-0.4, -0.2) is 51.3 Å². The molecule has 4 atom stereocenters. The third-order valence-corrected chi connectivity index (χ3v) is 5.63. The topological polar surface area (TPSA) is 59.6 Å². The number of hydrogen-bond acceptors (Lipinski definition) is 5. The summed E-state index contributed by atoms with van der Waals surface area (Å²) in [5.74, 6) is 0.793. The number of rotatable bonds is 10. The van der Waals surface area contributed by atoms with Crippen LogP contribution in [0.1, 0.15) is 13.3 Å². The van der Waals surface area contributed by atoms with Crippen LogP contribution in [0.5, 0.6) is 0 Å². The summed E-state index contributed by atoms with van der Waals surface area (Å²) in [6.45, 7) is 1.94. The Bertz CT molecular complexity index is 233. The molecule has 0 saturated heterocycles. The first kappa shape index (κ1) is 18.6. The molecule has 0 fully saturated rings. The van der Waals surface area contributed by atoms with E-state index in [1.165, 1.54) is 0 Å². The molecular formula is C10H24N2O3P2S. The Balaban J connectivity index is 4.10. The monoisotopic (exact) mass is 314 g/mol. The summed E-state index contributed by atoms with van der Waals surface area (Å²) in [5, 5.41) is 5.98. The van der Waals surface area contributed by atoms with E-state index in [4.69, 9.17) is 9.47 Å². The lowest BCUT2D eigenvalue weighted by Crippen LogP contribution is -2.48. The lowest BCUT2D eigenvalue weighted by atomic mass is 10.2. The Kier molecular flexibility index (Phi) is 11.7. The van der Waals surface area contributed by atoms with Crippen LogP contribution >= 0.6 is 27.8 Å². The average molecular weight is 314 g/mol. The first-order valence-corrected chi connectivity index (χ1v) is 10.2. The van der Waals surface area contributed by atoms with Gasteiger partial charge in [-0.05, 0) is 21.4 Å². The standard InChI is InChI=1S/C10H24N2O3P2S/c1-7(5-9(14-3)15-4)12-10(13)8(11-2)6-18-17-16/h7-9,11,17H,5-6,16H2,1-4H3,(H,12,13)/t7-,8+/m1/s1. The molecule has 0 aliphatic carbocycles. The Morgan fingerprint density at radius 1 is 1.44 bits per heavy atom. The van der Waals surface area contributed by atoms with Crippen molar-refractivity contribution >= 4 is 33.7 Å². The molecule has 0 heterocycles. The summed E-state index contributed by atoms with van der Waals surface area (Å²) in [6, 6.07) is -0.143. The number of ether oxygens (including phenoxy) is 2. The molecule has 108 valence electrons. The van der Waals surface area contributed by atoms with Gasteiger partial charge in [-0.25, -0.2) is 0 Å². The molecule has 0 aromatic carbocycles. The fourth-order valence-corrected chi connectivity index (χ4v) is 3.64. The van der Waals surface area contributed by atoms with Crippen molar-refractivity contribution in [1.82, 2.24) is 10.6 Å². The first-order valence-electron chi connectivity index (χ1n) is 5.69. The maximum atomic E-state index is 12.0. The molecule has 2 unspecified atom stereocenters. The zero-order valence-corrected chi connectivity index (χ0v) is 14.3. The Morgan fingerprint density at radius 3 is 2.50 bits per heavy atom. The minimum atomic E-state index is -0.281. The van der Waals surface area contributed by atoms with Gasteiger partial charge in [0.05, 0.1) is 6.04 Å². The van der Waals surface area contributed by atoms with Crippen LogP contribution in [0.3, 0.4) is 0 Å². The third kappa shape index (κ3) is 7.88. The number of carbonyl (C=O) groups excluding carboxylic acids is 1. The molecule has 18 heavy (non-hydrogen) atoms. The van der Waals surface area contributed by atoms with E-state index in [1.807, 2.05) is 6.92 Å². The second-order valence-corrected chi connectivity index (χ2v) is 8.37. The summed E-state index contributed by atoms with van der Waals surface area (Å²) in [5.41, 5.74) is 0. The molecule has 0 bridgehead atoms. The average Bonchev–Trinajstić information content (AvgIpc) is 2.36. The second-order valence-electron chi connectivity index (χ2n) is 3.82. The molecule has 0 aromatic rings. The highest BCUT2D eigenvalue weighted by Gasteiger charge is 2.19. The van der Waals surface area contributed by atoms with Gasteiger partial charge in [-0.15, -0.1) is 20.3 Å². The Hall–Kier alpha value is 0.560. The molecule has 5 nitrogen and oxygen atoms in total. The van der Waals surface area contributed by atoms with Gasteiger partial charge in [0.1, 0.15) is 0 Å². The lowest BCUT2D eigenvalue weighted by Gasteiger charge is -2.22. The summed E-state index contributed by atoms with van der Waals surface area (Å²) >= 11 is 1.74. The fraction of sp³-hybridized carbons (Fsp3) is 0.900. The van der Waals surface area contributed by atoms with Crippen LogP contribution in [-0.2, 0) is 14.3 Å². The van der Waals surface area contributed by atoms with Gasteiger partial charge in [-0.3, -0.25) is 4.79 Å². The number of carbonyl (C=O) groups is 1. The summed E-state index contributed by atoms with van der Waals surface area (Å²) in [4.78, 5) is 12.0. The molecule has 0 spiro atoms. The van der Waals surface area contributed by atoms with Gasteiger partial charge < -0.3 is 20.1 Å². The predicted molar refractivity (Wildman–Crippen MR) is 83.4 cm³/mol. The Labute approximate surface area is 118 Å². The lowest BCUT2D eigenvalue weighted by molar-refractivity contribution is -0.126. The highest BCUT2D eigenvalue weighted by atomic mass is 32.9. The predicted octanol–water partition coefficient (Wildman–Crippen LogP) is 1.20. The number of amides is 1. The van der Waals surface area contributed by atoms with E-state index in [9.17, 15) is 4.79 Å². The van der Waals surface area contributed by atoms with E-state index in [1.54, 1.807) is 32.6 Å². The van der Waals surface area contributed by atoms with E-state index in [0.29, 0.717) is 13.9 Å². The molecule has 1 amide bonds. The van der Waals surface area contributed by atoms with Crippen molar-refractivity contribution in [3.63, 3.8) is 0 Å². The van der Waals surface area contributed by atoms with Crippen LogP contribution in [0.2, 0.25) is 0 Å². The Morgan fingerprint density at radius 2 is 2.06 bits per heavy atom. The van der Waals surface area contributed by atoms with Crippen LogP contribution < -0.4 is 10.6 Å². The maximum absolute atomic E-state index is 12.0. The van der Waals surface area contributed by atoms with Gasteiger partial charge in [0.2, 0.25) is 5.91 Å². The zero-order valence-electron chi connectivity index (χ0n) is 11.4. The van der Waals surface area contributed by atoms with Crippen molar-refractivity contribution in [3.05, 3.63) is 0 Å². The van der Waals surface area contributed by atoms with Gasteiger partial charge in [0, 0.05) is 32.4 Å². The first-order chi connectivity index (χ1) is 8.58. The summed E-state index contributed by atoms with van der Waals surface area (Å²) in [7, 11) is 8.36. The highest BCUT2D eigenvalue weighted by Crippen LogP contribution is 2.36. The number of nitrogens with one attached hydrogen (secondary N) is 2. The maximum Gasteiger partial charge on any atom is 0.238 e. The smallest absolute Gasteiger partial charge is 0.238 e. The quantitative estimate of drug-likeness (QED) is 0.469. The van der Waals surface area contributed by atoms with Crippen LogP contribution in [0, 0.1) is 0 Å². The molecular weight excluding hydrogens is 290 g/mol. The normalized spacial score (nSPS) is 15.2. The van der Waals surface area contributed by atoms with Crippen LogP contribution in [0.15, 0.2) is 0 Å². The number of hydrogen-bond donors (Lipinski definition) is 2. The molecule has 2 N–H and O–H groups in total. The number of likely N-dealkylation sites (N-methyl/N-ethyl adjacent to an activating group) is 1. The molecule has 0 aromatic heterocycles. The van der Waals surface area contributed by atoms with Crippen LogP contribution in [0.4, 0.5) is 0 Å². The van der Waals surface area contributed by atoms with Crippen LogP contribution in [0.25, 0.3) is 0 Å². The van der Waals surface area contributed by atoms with Crippen molar-refractivity contribution in [3.8, 4) is 0 Å². The molecule has 0 aliphatic rings.